The summed E-state index contributed by atoms with van der Waals surface area (Å²) in [5, 5.41) is 0. The summed E-state index contributed by atoms with van der Waals surface area (Å²) >= 11 is 0. The Labute approximate surface area is 109 Å². The minimum atomic E-state index is -0.188. The Balaban J connectivity index is 1.82. The first-order chi connectivity index (χ1) is 8.70. The van der Waals surface area contributed by atoms with E-state index in [1.807, 2.05) is 6.07 Å². The van der Waals surface area contributed by atoms with Crippen molar-refractivity contribution in [2.24, 2.45) is 11.7 Å². The van der Waals surface area contributed by atoms with Crippen LogP contribution >= 0.6 is 0 Å². The van der Waals surface area contributed by atoms with Crippen molar-refractivity contribution in [1.82, 2.24) is 4.90 Å². The van der Waals surface area contributed by atoms with E-state index in [1.165, 1.54) is 32.0 Å². The van der Waals surface area contributed by atoms with Crippen molar-refractivity contribution in [2.75, 3.05) is 19.6 Å². The number of nitrogens with zero attached hydrogens (tertiary/aromatic N) is 1. The zero-order valence-electron chi connectivity index (χ0n) is 11.1. The molecule has 2 unspecified atom stereocenters. The predicted octanol–water partition coefficient (Wildman–Crippen LogP) is 2.95. The molecule has 2 rings (SSSR count). The molecule has 2 nitrogen and oxygen atoms in total. The van der Waals surface area contributed by atoms with Crippen LogP contribution in [0.15, 0.2) is 24.3 Å². The van der Waals surface area contributed by atoms with Crippen molar-refractivity contribution < 1.29 is 4.39 Å². The largest absolute Gasteiger partial charge is 0.324 e. The summed E-state index contributed by atoms with van der Waals surface area (Å²) in [5.41, 5.74) is 6.72. The Morgan fingerprint density at radius 1 is 1.44 bits per heavy atom. The maximum absolute atomic E-state index is 13.6. The van der Waals surface area contributed by atoms with Gasteiger partial charge in [-0.1, -0.05) is 31.5 Å². The topological polar surface area (TPSA) is 29.3 Å². The Bertz CT molecular complexity index is 381. The number of likely N-dealkylation sites (tertiary alicyclic amines) is 1. The van der Waals surface area contributed by atoms with Crippen LogP contribution in [-0.2, 0) is 0 Å². The zero-order valence-corrected chi connectivity index (χ0v) is 11.1. The maximum atomic E-state index is 13.6. The van der Waals surface area contributed by atoms with Gasteiger partial charge in [0.05, 0.1) is 0 Å². The second kappa shape index (κ2) is 6.30. The van der Waals surface area contributed by atoms with Gasteiger partial charge in [0.25, 0.3) is 0 Å². The van der Waals surface area contributed by atoms with Crippen molar-refractivity contribution >= 4 is 0 Å². The standard InChI is InChI=1S/C15H23FN2/c1-2-12-7-9-18(11-12)10-8-15(17)13-5-3-4-6-14(13)16/h3-6,12,15H,2,7-11,17H2,1H3. The lowest BCUT2D eigenvalue weighted by molar-refractivity contribution is 0.307. The first-order valence-electron chi connectivity index (χ1n) is 6.93. The van der Waals surface area contributed by atoms with Crippen LogP contribution in [0.4, 0.5) is 4.39 Å². The van der Waals surface area contributed by atoms with Crippen LogP contribution in [0.3, 0.4) is 0 Å². The van der Waals surface area contributed by atoms with E-state index in [4.69, 9.17) is 5.73 Å². The molecular weight excluding hydrogens is 227 g/mol. The van der Waals surface area contributed by atoms with E-state index in [-0.39, 0.29) is 11.9 Å². The van der Waals surface area contributed by atoms with Crippen LogP contribution in [0.2, 0.25) is 0 Å². The van der Waals surface area contributed by atoms with Crippen LogP contribution in [0.1, 0.15) is 37.8 Å². The van der Waals surface area contributed by atoms with Gasteiger partial charge in [0, 0.05) is 18.2 Å². The second-order valence-electron chi connectivity index (χ2n) is 5.28. The van der Waals surface area contributed by atoms with Crippen LogP contribution < -0.4 is 5.73 Å². The van der Waals surface area contributed by atoms with Gasteiger partial charge in [-0.25, -0.2) is 4.39 Å². The fourth-order valence-corrected chi connectivity index (χ4v) is 2.70. The number of hydrogen-bond acceptors (Lipinski definition) is 2. The quantitative estimate of drug-likeness (QED) is 0.870. The van der Waals surface area contributed by atoms with Crippen molar-refractivity contribution in [3.05, 3.63) is 35.6 Å². The highest BCUT2D eigenvalue weighted by Gasteiger charge is 2.21. The number of rotatable bonds is 5. The van der Waals surface area contributed by atoms with Crippen molar-refractivity contribution in [3.8, 4) is 0 Å². The minimum absolute atomic E-state index is 0.183. The van der Waals surface area contributed by atoms with Crippen molar-refractivity contribution in [1.29, 1.82) is 0 Å². The molecule has 1 aliphatic rings. The van der Waals surface area contributed by atoms with E-state index < -0.39 is 0 Å². The summed E-state index contributed by atoms with van der Waals surface area (Å²) in [5.74, 6) is 0.660. The smallest absolute Gasteiger partial charge is 0.127 e. The third-order valence-electron chi connectivity index (χ3n) is 4.01. The van der Waals surface area contributed by atoms with Crippen molar-refractivity contribution in [3.63, 3.8) is 0 Å². The molecule has 2 atom stereocenters. The molecule has 0 amide bonds. The summed E-state index contributed by atoms with van der Waals surface area (Å²) in [6, 6.07) is 6.64. The van der Waals surface area contributed by atoms with Gasteiger partial charge >= 0.3 is 0 Å². The average molecular weight is 250 g/mol. The SMILES string of the molecule is CCC1CCN(CCC(N)c2ccccc2F)C1. The molecule has 0 saturated carbocycles. The van der Waals surface area contributed by atoms with E-state index >= 15 is 0 Å². The number of hydrogen-bond donors (Lipinski definition) is 1. The third kappa shape index (κ3) is 3.30. The third-order valence-corrected chi connectivity index (χ3v) is 4.01. The molecule has 1 aromatic carbocycles. The summed E-state index contributed by atoms with van der Waals surface area (Å²) in [6.07, 6.45) is 3.39. The molecule has 1 aromatic rings. The molecule has 1 heterocycles. The number of nitrogens with two attached hydrogens (primary N) is 1. The summed E-state index contributed by atoms with van der Waals surface area (Å²) < 4.78 is 13.6. The number of halogens is 1. The molecule has 0 aliphatic carbocycles. The van der Waals surface area contributed by atoms with E-state index in [0.29, 0.717) is 5.56 Å². The summed E-state index contributed by atoms with van der Waals surface area (Å²) in [7, 11) is 0. The van der Waals surface area contributed by atoms with Crippen LogP contribution in [0.5, 0.6) is 0 Å². The molecule has 0 bridgehead atoms. The van der Waals surface area contributed by atoms with E-state index in [9.17, 15) is 4.39 Å². The Kier molecular flexibility index (Phi) is 4.72. The lowest BCUT2D eigenvalue weighted by Crippen LogP contribution is -2.25. The van der Waals surface area contributed by atoms with Gasteiger partial charge in [0.2, 0.25) is 0 Å². The highest BCUT2D eigenvalue weighted by Crippen LogP contribution is 2.22. The number of benzene rings is 1. The Morgan fingerprint density at radius 2 is 2.22 bits per heavy atom. The van der Waals surface area contributed by atoms with Gasteiger partial charge < -0.3 is 10.6 Å². The van der Waals surface area contributed by atoms with E-state index in [2.05, 4.69) is 11.8 Å². The predicted molar refractivity (Wildman–Crippen MR) is 72.8 cm³/mol. The molecule has 2 N–H and O–H groups in total. The van der Waals surface area contributed by atoms with Gasteiger partial charge in [0.1, 0.15) is 5.82 Å². The molecule has 0 aromatic heterocycles. The fourth-order valence-electron chi connectivity index (χ4n) is 2.70. The fraction of sp³-hybridized carbons (Fsp3) is 0.600. The molecule has 100 valence electrons. The zero-order chi connectivity index (χ0) is 13.0. The molecule has 3 heteroatoms. The molecule has 1 saturated heterocycles. The highest BCUT2D eigenvalue weighted by molar-refractivity contribution is 5.20. The monoisotopic (exact) mass is 250 g/mol. The molecule has 1 aliphatic heterocycles. The van der Waals surface area contributed by atoms with Crippen molar-refractivity contribution in [2.45, 2.75) is 32.2 Å². The van der Waals surface area contributed by atoms with Crippen LogP contribution in [-0.4, -0.2) is 24.5 Å². The van der Waals surface area contributed by atoms with Gasteiger partial charge in [-0.2, -0.15) is 0 Å². The maximum Gasteiger partial charge on any atom is 0.127 e. The summed E-state index contributed by atoms with van der Waals surface area (Å²) in [4.78, 5) is 2.45. The molecular formula is C15H23FN2. The molecule has 0 radical (unpaired) electrons. The molecule has 0 spiro atoms. The molecule has 18 heavy (non-hydrogen) atoms. The lowest BCUT2D eigenvalue weighted by atomic mass is 10.0. The van der Waals surface area contributed by atoms with Gasteiger partial charge in [-0.3, -0.25) is 0 Å². The van der Waals surface area contributed by atoms with Crippen LogP contribution in [0.25, 0.3) is 0 Å². The average Bonchev–Trinajstić information content (AvgIpc) is 2.84. The van der Waals surface area contributed by atoms with Crippen LogP contribution in [0, 0.1) is 11.7 Å². The van der Waals surface area contributed by atoms with Gasteiger partial charge in [0.15, 0.2) is 0 Å². The Morgan fingerprint density at radius 3 is 2.89 bits per heavy atom. The molecule has 1 fully saturated rings. The minimum Gasteiger partial charge on any atom is -0.324 e. The Hall–Kier alpha value is -0.930. The van der Waals surface area contributed by atoms with E-state index in [1.54, 1.807) is 12.1 Å². The first-order valence-corrected chi connectivity index (χ1v) is 6.93. The van der Waals surface area contributed by atoms with Gasteiger partial charge in [-0.15, -0.1) is 0 Å². The first kappa shape index (κ1) is 13.5. The summed E-state index contributed by atoms with van der Waals surface area (Å²) in [6.45, 7) is 5.58. The lowest BCUT2D eigenvalue weighted by Gasteiger charge is -2.19. The highest BCUT2D eigenvalue weighted by atomic mass is 19.1. The van der Waals surface area contributed by atoms with E-state index in [0.717, 1.165) is 18.9 Å². The second-order valence-corrected chi connectivity index (χ2v) is 5.28. The normalized spacial score (nSPS) is 22.3. The van der Waals surface area contributed by atoms with Gasteiger partial charge in [-0.05, 0) is 37.9 Å².